The summed E-state index contributed by atoms with van der Waals surface area (Å²) >= 11 is 0. The van der Waals surface area contributed by atoms with E-state index in [4.69, 9.17) is 4.74 Å². The standard InChI is InChI=1S/C12H12N2O12/c15-3-4-10(24,6(17)18)11(25,7(19)20)12(26-4,8(21)22)14-2-1-5(16)13-9(14)23/h1-2,4,15,24-25H,3H2,(H,17,18)(H,19,20)(H,21,22)(H,13,16,23)/t4-,10+,11-,12-/m1/s1. The Morgan fingerprint density at radius 2 is 1.69 bits per heavy atom. The highest BCUT2D eigenvalue weighted by Gasteiger charge is 2.85. The average Bonchev–Trinajstić information content (AvgIpc) is 2.76. The molecule has 1 aromatic heterocycles. The lowest BCUT2D eigenvalue weighted by Gasteiger charge is -2.38. The fraction of sp³-hybridized carbons (Fsp3) is 0.417. The molecule has 0 unspecified atom stereocenters. The Kier molecular flexibility index (Phi) is 4.25. The number of aliphatic carboxylic acids is 3. The van der Waals surface area contributed by atoms with Crippen molar-refractivity contribution in [1.82, 2.24) is 9.55 Å². The molecule has 0 aliphatic carbocycles. The van der Waals surface area contributed by atoms with Gasteiger partial charge in [-0.2, -0.15) is 0 Å². The third-order valence-corrected chi connectivity index (χ3v) is 4.08. The zero-order chi connectivity index (χ0) is 20.1. The molecule has 4 atom stereocenters. The van der Waals surface area contributed by atoms with Crippen molar-refractivity contribution in [2.24, 2.45) is 0 Å². The zero-order valence-corrected chi connectivity index (χ0v) is 12.5. The normalized spacial score (nSPS) is 33.7. The number of H-pyrrole nitrogens is 1. The minimum Gasteiger partial charge on any atom is -0.479 e. The predicted molar refractivity (Wildman–Crippen MR) is 74.1 cm³/mol. The second-order valence-electron chi connectivity index (χ2n) is 5.31. The third-order valence-electron chi connectivity index (χ3n) is 4.08. The fourth-order valence-corrected chi connectivity index (χ4v) is 2.84. The number of aliphatic hydroxyl groups is 3. The quantitative estimate of drug-likeness (QED) is 0.256. The SMILES string of the molecule is O=C(O)[C@@]1(O)[C@@](O)(C(=O)O)[C@@H](CO)O[C@@]1(C(=O)O)n1ccc(=O)[nH]c1=O. The first kappa shape index (κ1) is 19.3. The lowest BCUT2D eigenvalue weighted by molar-refractivity contribution is -0.234. The van der Waals surface area contributed by atoms with Gasteiger partial charge in [-0.25, -0.2) is 19.2 Å². The van der Waals surface area contributed by atoms with Gasteiger partial charge in [-0.15, -0.1) is 0 Å². The van der Waals surface area contributed by atoms with Crippen LogP contribution in [0.4, 0.5) is 0 Å². The number of aromatic amines is 1. The number of carbonyl (C=O) groups is 3. The van der Waals surface area contributed by atoms with E-state index >= 15 is 0 Å². The van der Waals surface area contributed by atoms with E-state index in [0.29, 0.717) is 12.3 Å². The molecule has 1 saturated heterocycles. The Morgan fingerprint density at radius 1 is 1.12 bits per heavy atom. The second-order valence-corrected chi connectivity index (χ2v) is 5.31. The van der Waals surface area contributed by atoms with Gasteiger partial charge >= 0.3 is 23.6 Å². The van der Waals surface area contributed by atoms with Crippen molar-refractivity contribution < 1.29 is 49.8 Å². The summed E-state index contributed by atoms with van der Waals surface area (Å²) in [6.45, 7) is -1.44. The summed E-state index contributed by atoms with van der Waals surface area (Å²) in [6, 6.07) is 0.559. The van der Waals surface area contributed by atoms with Crippen molar-refractivity contribution in [3.05, 3.63) is 33.1 Å². The van der Waals surface area contributed by atoms with Crippen LogP contribution >= 0.6 is 0 Å². The van der Waals surface area contributed by atoms with E-state index in [0.717, 1.165) is 0 Å². The fourth-order valence-electron chi connectivity index (χ4n) is 2.84. The number of aromatic nitrogens is 2. The van der Waals surface area contributed by atoms with Crippen LogP contribution in [0, 0.1) is 0 Å². The number of hydrogen-bond donors (Lipinski definition) is 7. The first-order valence-corrected chi connectivity index (χ1v) is 6.67. The molecular formula is C12H12N2O12. The topological polar surface area (TPSA) is 237 Å². The van der Waals surface area contributed by atoms with Crippen molar-refractivity contribution in [1.29, 1.82) is 0 Å². The molecule has 1 aliphatic heterocycles. The number of rotatable bonds is 5. The molecule has 0 aromatic carbocycles. The lowest BCUT2D eigenvalue weighted by atomic mass is 9.74. The summed E-state index contributed by atoms with van der Waals surface area (Å²) in [5.41, 5.74) is -14.5. The van der Waals surface area contributed by atoms with Gasteiger partial charge in [0.25, 0.3) is 16.9 Å². The number of nitrogens with one attached hydrogen (secondary N) is 1. The molecule has 7 N–H and O–H groups in total. The van der Waals surface area contributed by atoms with Gasteiger partial charge in [0.05, 0.1) is 6.61 Å². The maximum atomic E-state index is 12.0. The van der Waals surface area contributed by atoms with E-state index in [2.05, 4.69) is 0 Å². The van der Waals surface area contributed by atoms with Crippen molar-refractivity contribution in [3.63, 3.8) is 0 Å². The molecular weight excluding hydrogens is 364 g/mol. The van der Waals surface area contributed by atoms with Crippen molar-refractivity contribution in [2.45, 2.75) is 23.0 Å². The largest absolute Gasteiger partial charge is 0.479 e. The van der Waals surface area contributed by atoms with E-state index < -0.39 is 58.8 Å². The number of ether oxygens (including phenoxy) is 1. The van der Waals surface area contributed by atoms with Crippen LogP contribution in [-0.4, -0.2) is 82.0 Å². The average molecular weight is 376 g/mol. The summed E-state index contributed by atoms with van der Waals surface area (Å²) in [5, 5.41) is 58.3. The highest BCUT2D eigenvalue weighted by molar-refractivity contribution is 5.98. The van der Waals surface area contributed by atoms with E-state index in [1.54, 1.807) is 4.98 Å². The molecule has 2 heterocycles. The minimum absolute atomic E-state index is 0.117. The Morgan fingerprint density at radius 3 is 2.08 bits per heavy atom. The molecule has 0 bridgehead atoms. The Labute approximate surface area is 141 Å². The van der Waals surface area contributed by atoms with Crippen LogP contribution in [0.5, 0.6) is 0 Å². The van der Waals surface area contributed by atoms with Crippen LogP contribution in [0.25, 0.3) is 0 Å². The summed E-state index contributed by atoms with van der Waals surface area (Å²) in [7, 11) is 0. The van der Waals surface area contributed by atoms with Crippen LogP contribution in [0.2, 0.25) is 0 Å². The van der Waals surface area contributed by atoms with Crippen LogP contribution in [-0.2, 0) is 24.8 Å². The van der Waals surface area contributed by atoms with E-state index in [-0.39, 0.29) is 4.57 Å². The van der Waals surface area contributed by atoms with Crippen LogP contribution in [0.3, 0.4) is 0 Å². The van der Waals surface area contributed by atoms with E-state index in [1.807, 2.05) is 0 Å². The van der Waals surface area contributed by atoms with Gasteiger partial charge in [-0.3, -0.25) is 14.3 Å². The van der Waals surface area contributed by atoms with Gasteiger partial charge in [-0.1, -0.05) is 0 Å². The van der Waals surface area contributed by atoms with E-state index in [9.17, 15) is 54.6 Å². The minimum atomic E-state index is -4.20. The summed E-state index contributed by atoms with van der Waals surface area (Å²) < 4.78 is 4.63. The molecule has 14 heteroatoms. The molecule has 0 amide bonds. The Balaban J connectivity index is 3.03. The number of aliphatic hydroxyl groups excluding tert-OH is 1. The summed E-state index contributed by atoms with van der Waals surface area (Å²) in [5.74, 6) is -7.42. The highest BCUT2D eigenvalue weighted by atomic mass is 16.6. The molecule has 0 spiro atoms. The van der Waals surface area contributed by atoms with Crippen molar-refractivity contribution >= 4 is 17.9 Å². The predicted octanol–water partition coefficient (Wildman–Crippen LogP) is -4.70. The highest BCUT2D eigenvalue weighted by Crippen LogP contribution is 2.50. The van der Waals surface area contributed by atoms with Gasteiger partial charge in [-0.05, 0) is 0 Å². The molecule has 1 fully saturated rings. The lowest BCUT2D eigenvalue weighted by Crippen LogP contribution is -2.74. The molecule has 14 nitrogen and oxygen atoms in total. The maximum Gasteiger partial charge on any atom is 0.362 e. The third kappa shape index (κ3) is 1.97. The second kappa shape index (κ2) is 5.73. The zero-order valence-electron chi connectivity index (χ0n) is 12.5. The number of nitrogens with zero attached hydrogens (tertiary/aromatic N) is 1. The van der Waals surface area contributed by atoms with Gasteiger partial charge < -0.3 is 35.4 Å². The first-order valence-electron chi connectivity index (χ1n) is 6.67. The molecule has 0 radical (unpaired) electrons. The Hall–Kier alpha value is -3.07. The van der Waals surface area contributed by atoms with Crippen molar-refractivity contribution in [3.8, 4) is 0 Å². The number of carboxylic acid groups (broad SMARTS) is 3. The molecule has 0 saturated carbocycles. The van der Waals surface area contributed by atoms with Crippen LogP contribution in [0.15, 0.2) is 21.9 Å². The monoisotopic (exact) mass is 376 g/mol. The van der Waals surface area contributed by atoms with E-state index in [1.165, 1.54) is 0 Å². The van der Waals surface area contributed by atoms with Crippen LogP contribution in [0.1, 0.15) is 0 Å². The Bertz CT molecular complexity index is 904. The molecule has 142 valence electrons. The van der Waals surface area contributed by atoms with Gasteiger partial charge in [0.2, 0.25) is 5.60 Å². The molecule has 1 aromatic rings. The smallest absolute Gasteiger partial charge is 0.362 e. The molecule has 1 aliphatic rings. The summed E-state index contributed by atoms with van der Waals surface area (Å²) in [6.07, 6.45) is -2.05. The number of carboxylic acids is 3. The maximum absolute atomic E-state index is 12.0. The van der Waals surface area contributed by atoms with Gasteiger partial charge in [0.15, 0.2) is 0 Å². The number of hydrogen-bond acceptors (Lipinski definition) is 9. The van der Waals surface area contributed by atoms with Crippen LogP contribution < -0.4 is 11.2 Å². The van der Waals surface area contributed by atoms with Crippen molar-refractivity contribution in [2.75, 3.05) is 6.61 Å². The summed E-state index contributed by atoms with van der Waals surface area (Å²) in [4.78, 5) is 59.8. The molecule has 2 rings (SSSR count). The first-order chi connectivity index (χ1) is 11.9. The molecule has 26 heavy (non-hydrogen) atoms. The van der Waals surface area contributed by atoms with Gasteiger partial charge in [0, 0.05) is 12.3 Å². The van der Waals surface area contributed by atoms with Gasteiger partial charge in [0.1, 0.15) is 6.10 Å².